The minimum Gasteiger partial charge on any atom is -0.337 e. The van der Waals surface area contributed by atoms with Crippen molar-refractivity contribution in [3.8, 4) is 11.4 Å². The molecule has 8 nitrogen and oxygen atoms in total. The highest BCUT2D eigenvalue weighted by Crippen LogP contribution is 2.22. The number of rotatable bonds is 8. The largest absolute Gasteiger partial charge is 0.337 e. The van der Waals surface area contributed by atoms with Gasteiger partial charge in [-0.1, -0.05) is 42.4 Å². The topological polar surface area (TPSA) is 100 Å². The third-order valence-electron chi connectivity index (χ3n) is 4.62. The normalized spacial score (nSPS) is 11.9. The summed E-state index contributed by atoms with van der Waals surface area (Å²) in [4.78, 5) is 30.0. The molecule has 0 radical (unpaired) electrons. The van der Waals surface area contributed by atoms with Crippen molar-refractivity contribution in [1.29, 1.82) is 0 Å². The van der Waals surface area contributed by atoms with Crippen molar-refractivity contribution in [2.75, 3.05) is 23.7 Å². The van der Waals surface area contributed by atoms with E-state index in [0.717, 1.165) is 5.56 Å². The van der Waals surface area contributed by atoms with Crippen LogP contribution in [0.4, 0.5) is 11.4 Å². The fourth-order valence-electron chi connectivity index (χ4n) is 3.01. The molecule has 3 aromatic rings. The maximum absolute atomic E-state index is 12.5. The summed E-state index contributed by atoms with van der Waals surface area (Å²) in [6.07, 6.45) is 0. The van der Waals surface area contributed by atoms with Gasteiger partial charge in [0.05, 0.1) is 12.6 Å². The second-order valence-electron chi connectivity index (χ2n) is 6.87. The van der Waals surface area contributed by atoms with Crippen LogP contribution in [0.15, 0.2) is 59.1 Å². The summed E-state index contributed by atoms with van der Waals surface area (Å²) in [6, 6.07) is 16.3. The molecule has 30 heavy (non-hydrogen) atoms. The van der Waals surface area contributed by atoms with Crippen LogP contribution in [0.2, 0.25) is 0 Å². The lowest BCUT2D eigenvalue weighted by Crippen LogP contribution is -2.35. The number of nitrogens with one attached hydrogen (secondary N) is 2. The number of carbonyl (C=O) groups is 2. The number of likely N-dealkylation sites (N-methyl/N-ethyl adjacent to an activating group) is 1. The van der Waals surface area contributed by atoms with E-state index in [2.05, 4.69) is 20.8 Å². The van der Waals surface area contributed by atoms with Gasteiger partial charge in [0.2, 0.25) is 23.5 Å². The van der Waals surface area contributed by atoms with Crippen molar-refractivity contribution < 1.29 is 14.1 Å². The summed E-state index contributed by atoms with van der Waals surface area (Å²) >= 11 is 0. The first-order chi connectivity index (χ1) is 14.5. The number of hydrogen-bond donors (Lipinski definition) is 2. The van der Waals surface area contributed by atoms with Crippen LogP contribution >= 0.6 is 0 Å². The predicted molar refractivity (Wildman–Crippen MR) is 115 cm³/mol. The number of benzene rings is 2. The molecule has 1 aromatic heterocycles. The maximum atomic E-state index is 12.5. The zero-order chi connectivity index (χ0) is 21.5. The standard InChI is InChI=1S/C22H25N5O3/c1-4-27(14-20(29)24-19-12-10-18(11-13-19)23-16(3)28)15(2)22-25-21(26-30-22)17-8-6-5-7-9-17/h5-13,15H,4,14H2,1-3H3,(H,23,28)(H,24,29). The van der Waals surface area contributed by atoms with E-state index in [9.17, 15) is 9.59 Å². The minimum atomic E-state index is -0.215. The fraction of sp³-hybridized carbons (Fsp3) is 0.273. The summed E-state index contributed by atoms with van der Waals surface area (Å²) < 4.78 is 5.44. The molecule has 1 unspecified atom stereocenters. The molecular weight excluding hydrogens is 382 g/mol. The zero-order valence-electron chi connectivity index (χ0n) is 17.3. The second kappa shape index (κ2) is 9.80. The monoisotopic (exact) mass is 407 g/mol. The van der Waals surface area contributed by atoms with Gasteiger partial charge in [-0.2, -0.15) is 4.98 Å². The van der Waals surface area contributed by atoms with Crippen molar-refractivity contribution >= 4 is 23.2 Å². The molecule has 0 aliphatic carbocycles. The average Bonchev–Trinajstić information content (AvgIpc) is 3.23. The SMILES string of the molecule is CCN(CC(=O)Nc1ccc(NC(C)=O)cc1)C(C)c1nc(-c2ccccc2)no1. The van der Waals surface area contributed by atoms with Crippen molar-refractivity contribution in [1.82, 2.24) is 15.0 Å². The molecule has 0 spiro atoms. The van der Waals surface area contributed by atoms with Gasteiger partial charge in [-0.05, 0) is 37.7 Å². The zero-order valence-corrected chi connectivity index (χ0v) is 17.3. The van der Waals surface area contributed by atoms with Crippen molar-refractivity contribution in [3.63, 3.8) is 0 Å². The van der Waals surface area contributed by atoms with E-state index in [0.29, 0.717) is 29.6 Å². The van der Waals surface area contributed by atoms with Crippen LogP contribution in [0.25, 0.3) is 11.4 Å². The van der Waals surface area contributed by atoms with Crippen LogP contribution in [0.1, 0.15) is 32.7 Å². The summed E-state index contributed by atoms with van der Waals surface area (Å²) in [5, 5.41) is 9.61. The van der Waals surface area contributed by atoms with Gasteiger partial charge in [-0.3, -0.25) is 14.5 Å². The van der Waals surface area contributed by atoms with Gasteiger partial charge in [-0.25, -0.2) is 0 Å². The van der Waals surface area contributed by atoms with Gasteiger partial charge in [0.1, 0.15) is 0 Å². The van der Waals surface area contributed by atoms with Crippen LogP contribution in [0.3, 0.4) is 0 Å². The molecule has 2 amide bonds. The Morgan fingerprint density at radius 3 is 2.27 bits per heavy atom. The Balaban J connectivity index is 1.61. The van der Waals surface area contributed by atoms with Gasteiger partial charge in [-0.15, -0.1) is 0 Å². The van der Waals surface area contributed by atoms with Gasteiger partial charge in [0.15, 0.2) is 0 Å². The van der Waals surface area contributed by atoms with Crippen molar-refractivity contribution in [2.45, 2.75) is 26.8 Å². The molecule has 156 valence electrons. The number of hydrogen-bond acceptors (Lipinski definition) is 6. The molecule has 3 rings (SSSR count). The molecule has 1 heterocycles. The van der Waals surface area contributed by atoms with Crippen LogP contribution in [0, 0.1) is 0 Å². The lowest BCUT2D eigenvalue weighted by molar-refractivity contribution is -0.118. The Bertz CT molecular complexity index is 986. The highest BCUT2D eigenvalue weighted by molar-refractivity contribution is 5.93. The van der Waals surface area contributed by atoms with E-state index in [1.54, 1.807) is 24.3 Å². The van der Waals surface area contributed by atoms with E-state index < -0.39 is 0 Å². The fourth-order valence-corrected chi connectivity index (χ4v) is 3.01. The van der Waals surface area contributed by atoms with Crippen molar-refractivity contribution in [3.05, 3.63) is 60.5 Å². The first-order valence-corrected chi connectivity index (χ1v) is 9.77. The van der Waals surface area contributed by atoms with E-state index in [1.165, 1.54) is 6.92 Å². The van der Waals surface area contributed by atoms with Gasteiger partial charge >= 0.3 is 0 Å². The first kappa shape index (κ1) is 21.2. The summed E-state index contributed by atoms with van der Waals surface area (Å²) in [5.74, 6) is 0.690. The molecule has 1 atom stereocenters. The summed E-state index contributed by atoms with van der Waals surface area (Å²) in [5.41, 5.74) is 2.21. The van der Waals surface area contributed by atoms with Crippen LogP contribution in [-0.4, -0.2) is 39.9 Å². The third kappa shape index (κ3) is 5.51. The lowest BCUT2D eigenvalue weighted by atomic mass is 10.2. The molecular formula is C22H25N5O3. The molecule has 0 aliphatic rings. The number of anilines is 2. The van der Waals surface area contributed by atoms with Crippen molar-refractivity contribution in [2.24, 2.45) is 0 Å². The summed E-state index contributed by atoms with van der Waals surface area (Å²) in [7, 11) is 0. The Morgan fingerprint density at radius 1 is 1.03 bits per heavy atom. The van der Waals surface area contributed by atoms with Gasteiger partial charge < -0.3 is 15.2 Å². The number of nitrogens with zero attached hydrogens (tertiary/aromatic N) is 3. The minimum absolute atomic E-state index is 0.143. The quantitative estimate of drug-likeness (QED) is 0.590. The highest BCUT2D eigenvalue weighted by atomic mass is 16.5. The van der Waals surface area contributed by atoms with Crippen LogP contribution < -0.4 is 10.6 Å². The Kier molecular flexibility index (Phi) is 6.92. The average molecular weight is 407 g/mol. The van der Waals surface area contributed by atoms with E-state index in [-0.39, 0.29) is 24.4 Å². The van der Waals surface area contributed by atoms with Crippen LogP contribution in [-0.2, 0) is 9.59 Å². The maximum Gasteiger partial charge on any atom is 0.244 e. The smallest absolute Gasteiger partial charge is 0.244 e. The molecule has 0 saturated heterocycles. The van der Waals surface area contributed by atoms with Gasteiger partial charge in [0.25, 0.3) is 0 Å². The third-order valence-corrected chi connectivity index (χ3v) is 4.62. The molecule has 8 heteroatoms. The molecule has 0 bridgehead atoms. The Hall–Kier alpha value is -3.52. The molecule has 2 aromatic carbocycles. The van der Waals surface area contributed by atoms with E-state index in [1.807, 2.05) is 49.1 Å². The van der Waals surface area contributed by atoms with E-state index >= 15 is 0 Å². The molecule has 0 saturated carbocycles. The lowest BCUT2D eigenvalue weighted by Gasteiger charge is -2.24. The molecule has 0 aliphatic heterocycles. The Morgan fingerprint density at radius 2 is 1.67 bits per heavy atom. The predicted octanol–water partition coefficient (Wildman–Crippen LogP) is 3.72. The second-order valence-corrected chi connectivity index (χ2v) is 6.87. The highest BCUT2D eigenvalue weighted by Gasteiger charge is 2.23. The summed E-state index contributed by atoms with van der Waals surface area (Å²) in [6.45, 7) is 6.16. The Labute approximate surface area is 175 Å². The number of aromatic nitrogens is 2. The van der Waals surface area contributed by atoms with E-state index in [4.69, 9.17) is 4.52 Å². The number of carbonyl (C=O) groups excluding carboxylic acids is 2. The first-order valence-electron chi connectivity index (χ1n) is 9.77. The molecule has 2 N–H and O–H groups in total. The van der Waals surface area contributed by atoms with Gasteiger partial charge in [0, 0.05) is 23.9 Å². The molecule has 0 fully saturated rings. The van der Waals surface area contributed by atoms with Crippen LogP contribution in [0.5, 0.6) is 0 Å². The number of amides is 2.